The number of likely N-dealkylation sites (tertiary alicyclic amines) is 2. The van der Waals surface area contributed by atoms with E-state index in [-0.39, 0.29) is 11.8 Å². The molecule has 4 rings (SSSR count). The molecule has 0 aliphatic carbocycles. The molecule has 2 aliphatic heterocycles. The van der Waals surface area contributed by atoms with E-state index >= 15 is 0 Å². The Labute approximate surface area is 177 Å². The van der Waals surface area contributed by atoms with Crippen LogP contribution in [0.3, 0.4) is 0 Å². The van der Waals surface area contributed by atoms with Gasteiger partial charge in [0, 0.05) is 63.4 Å². The van der Waals surface area contributed by atoms with Gasteiger partial charge in [0.15, 0.2) is 0 Å². The number of aromatic nitrogens is 2. The van der Waals surface area contributed by atoms with E-state index in [1.54, 1.807) is 6.20 Å². The minimum absolute atomic E-state index is 0.206. The second-order valence-electron chi connectivity index (χ2n) is 8.21. The molecular weight excluding hydrogens is 380 g/mol. The largest absolute Gasteiger partial charge is 0.494 e. The fraction of sp³-hybridized carbons (Fsp3) is 0.522. The number of hydrogen-bond acceptors (Lipinski definition) is 4. The van der Waals surface area contributed by atoms with Crippen LogP contribution >= 0.6 is 0 Å². The van der Waals surface area contributed by atoms with Gasteiger partial charge in [0.2, 0.25) is 11.8 Å². The van der Waals surface area contributed by atoms with Gasteiger partial charge in [-0.05, 0) is 37.5 Å². The smallest absolute Gasteiger partial charge is 0.222 e. The summed E-state index contributed by atoms with van der Waals surface area (Å²) in [5.41, 5.74) is 1.08. The highest BCUT2D eigenvalue weighted by Crippen LogP contribution is 2.33. The normalized spacial score (nSPS) is 20.4. The minimum atomic E-state index is 0.206. The zero-order valence-electron chi connectivity index (χ0n) is 17.6. The average Bonchev–Trinajstić information content (AvgIpc) is 3.15. The number of aryl methyl sites for hydroxylation is 2. The molecule has 160 valence electrons. The van der Waals surface area contributed by atoms with Gasteiger partial charge in [-0.15, -0.1) is 0 Å². The number of benzene rings is 1. The summed E-state index contributed by atoms with van der Waals surface area (Å²) in [5, 5.41) is 4.15. The maximum Gasteiger partial charge on any atom is 0.222 e. The first-order chi connectivity index (χ1) is 14.6. The van der Waals surface area contributed by atoms with Gasteiger partial charge in [0.1, 0.15) is 5.75 Å². The van der Waals surface area contributed by atoms with Crippen LogP contribution in [0.4, 0.5) is 0 Å². The van der Waals surface area contributed by atoms with Crippen molar-refractivity contribution in [2.75, 3.05) is 26.2 Å². The van der Waals surface area contributed by atoms with Crippen LogP contribution < -0.4 is 4.74 Å². The minimum Gasteiger partial charge on any atom is -0.494 e. The van der Waals surface area contributed by atoms with Crippen LogP contribution in [0.5, 0.6) is 5.75 Å². The van der Waals surface area contributed by atoms with E-state index in [0.29, 0.717) is 31.4 Å². The Morgan fingerprint density at radius 3 is 2.67 bits per heavy atom. The highest BCUT2D eigenvalue weighted by molar-refractivity contribution is 5.78. The summed E-state index contributed by atoms with van der Waals surface area (Å²) in [7, 11) is 1.90. The maximum atomic E-state index is 12.6. The topological polar surface area (TPSA) is 67.7 Å². The van der Waals surface area contributed by atoms with Crippen molar-refractivity contribution in [2.24, 2.45) is 13.0 Å². The van der Waals surface area contributed by atoms with Gasteiger partial charge in [0.05, 0.1) is 6.61 Å². The molecule has 2 amide bonds. The summed E-state index contributed by atoms with van der Waals surface area (Å²) in [6.07, 6.45) is 5.12. The number of fused-ring (bicyclic) bond motifs is 1. The van der Waals surface area contributed by atoms with Gasteiger partial charge in [-0.2, -0.15) is 5.10 Å². The number of amides is 2. The molecule has 7 heteroatoms. The van der Waals surface area contributed by atoms with Crippen LogP contribution in [0.15, 0.2) is 42.6 Å². The molecule has 2 fully saturated rings. The number of piperidine rings is 1. The predicted molar refractivity (Wildman–Crippen MR) is 113 cm³/mol. The van der Waals surface area contributed by atoms with Crippen molar-refractivity contribution in [3.05, 3.63) is 48.3 Å². The molecule has 0 N–H and O–H groups in total. The van der Waals surface area contributed by atoms with E-state index in [0.717, 1.165) is 50.3 Å². The molecule has 2 saturated heterocycles. The lowest BCUT2D eigenvalue weighted by molar-refractivity contribution is -0.152. The Bertz CT molecular complexity index is 866. The molecule has 1 aromatic carbocycles. The zero-order chi connectivity index (χ0) is 20.9. The number of nitrogens with zero attached hydrogens (tertiary/aromatic N) is 4. The highest BCUT2D eigenvalue weighted by atomic mass is 16.5. The van der Waals surface area contributed by atoms with E-state index < -0.39 is 0 Å². The Morgan fingerprint density at radius 1 is 1.10 bits per heavy atom. The van der Waals surface area contributed by atoms with Crippen LogP contribution in [0.1, 0.15) is 31.4 Å². The first-order valence-electron chi connectivity index (χ1n) is 10.8. The fourth-order valence-electron chi connectivity index (χ4n) is 4.49. The van der Waals surface area contributed by atoms with Crippen LogP contribution in [-0.2, 0) is 23.1 Å². The quantitative estimate of drug-likeness (QED) is 0.626. The number of rotatable bonds is 8. The third-order valence-corrected chi connectivity index (χ3v) is 6.26. The molecule has 0 saturated carbocycles. The average molecular weight is 411 g/mol. The summed E-state index contributed by atoms with van der Waals surface area (Å²) >= 11 is 0. The van der Waals surface area contributed by atoms with Crippen molar-refractivity contribution in [2.45, 2.75) is 38.1 Å². The maximum absolute atomic E-state index is 12.6. The van der Waals surface area contributed by atoms with Crippen LogP contribution in [0.25, 0.3) is 0 Å². The lowest BCUT2D eigenvalue weighted by Crippen LogP contribution is -2.65. The Kier molecular flexibility index (Phi) is 6.35. The van der Waals surface area contributed by atoms with E-state index in [1.165, 1.54) is 0 Å². The second-order valence-corrected chi connectivity index (χ2v) is 8.21. The third kappa shape index (κ3) is 4.66. The Hall–Kier alpha value is -2.83. The molecule has 0 unspecified atom stereocenters. The number of hydrogen-bond donors (Lipinski definition) is 0. The van der Waals surface area contributed by atoms with Crippen LogP contribution in [0.2, 0.25) is 0 Å². The van der Waals surface area contributed by atoms with Gasteiger partial charge in [0.25, 0.3) is 0 Å². The molecule has 3 heterocycles. The molecule has 2 aromatic rings. The molecule has 0 spiro atoms. The van der Waals surface area contributed by atoms with E-state index in [9.17, 15) is 9.59 Å². The van der Waals surface area contributed by atoms with E-state index in [1.807, 2.05) is 57.9 Å². The third-order valence-electron chi connectivity index (χ3n) is 6.26. The number of ether oxygens (including phenoxy) is 1. The lowest BCUT2D eigenvalue weighted by atomic mass is 9.82. The van der Waals surface area contributed by atoms with Crippen molar-refractivity contribution < 1.29 is 14.3 Å². The molecule has 30 heavy (non-hydrogen) atoms. The van der Waals surface area contributed by atoms with E-state index in [4.69, 9.17) is 4.74 Å². The summed E-state index contributed by atoms with van der Waals surface area (Å²) in [6, 6.07) is 11.9. The van der Waals surface area contributed by atoms with Gasteiger partial charge in [-0.1, -0.05) is 18.2 Å². The van der Waals surface area contributed by atoms with Crippen LogP contribution in [0, 0.1) is 5.92 Å². The predicted octanol–water partition coefficient (Wildman–Crippen LogP) is 2.27. The molecule has 1 aromatic heterocycles. The first-order valence-corrected chi connectivity index (χ1v) is 10.8. The first kappa shape index (κ1) is 20.4. The molecule has 2 aliphatic rings. The SMILES string of the molecule is Cn1nccc1CCC(=O)N1CC[C@H]2[C@@H](C1)CN2C(=O)CCCOc1ccccc1. The number of carbonyl (C=O) groups is 2. The molecular formula is C23H30N4O3. The van der Waals surface area contributed by atoms with Gasteiger partial charge in [-0.25, -0.2) is 0 Å². The molecule has 7 nitrogen and oxygen atoms in total. The monoisotopic (exact) mass is 410 g/mol. The summed E-state index contributed by atoms with van der Waals surface area (Å²) < 4.78 is 7.49. The molecule has 0 radical (unpaired) electrons. The lowest BCUT2D eigenvalue weighted by Gasteiger charge is -2.53. The Morgan fingerprint density at radius 2 is 1.93 bits per heavy atom. The van der Waals surface area contributed by atoms with Crippen LogP contribution in [-0.4, -0.2) is 63.7 Å². The van der Waals surface area contributed by atoms with Crippen molar-refractivity contribution in [1.82, 2.24) is 19.6 Å². The van der Waals surface area contributed by atoms with E-state index in [2.05, 4.69) is 5.10 Å². The number of para-hydroxylation sites is 1. The highest BCUT2D eigenvalue weighted by Gasteiger charge is 2.45. The fourth-order valence-corrected chi connectivity index (χ4v) is 4.49. The second kappa shape index (κ2) is 9.32. The summed E-state index contributed by atoms with van der Waals surface area (Å²) in [6.45, 7) is 2.84. The number of carbonyl (C=O) groups excluding carboxylic acids is 2. The zero-order valence-corrected chi connectivity index (χ0v) is 17.6. The molecule has 0 bridgehead atoms. The van der Waals surface area contributed by atoms with Crippen molar-refractivity contribution in [3.63, 3.8) is 0 Å². The van der Waals surface area contributed by atoms with Gasteiger partial charge in [-0.3, -0.25) is 14.3 Å². The molecule has 2 atom stereocenters. The standard InChI is InChI=1S/C23H30N4O3/c1-25-19(11-13-24-25)9-10-22(28)26-14-12-21-18(16-26)17-27(21)23(29)8-5-15-30-20-6-3-2-4-7-20/h2-4,6-7,11,13,18,21H,5,8-10,12,14-17H2,1H3/t18-,21-/m0/s1. The van der Waals surface area contributed by atoms with Crippen molar-refractivity contribution in [1.29, 1.82) is 0 Å². The summed E-state index contributed by atoms with van der Waals surface area (Å²) in [4.78, 5) is 29.1. The Balaban J connectivity index is 1.15. The van der Waals surface area contributed by atoms with Crippen molar-refractivity contribution >= 4 is 11.8 Å². The summed E-state index contributed by atoms with van der Waals surface area (Å²) in [5.74, 6) is 1.68. The van der Waals surface area contributed by atoms with Crippen molar-refractivity contribution in [3.8, 4) is 5.75 Å². The van der Waals surface area contributed by atoms with Gasteiger partial charge >= 0.3 is 0 Å². The van der Waals surface area contributed by atoms with Gasteiger partial charge < -0.3 is 14.5 Å².